The standard InChI is InChI=1S/C19H24N4O3/c1-25-16-11-5-4-9-14(16)17-21-18(26-22-17)15-10-6-12-23(15)19(24)20-13-7-2-3-8-13/h4-5,9,11,13,15H,2-3,6-8,10,12H2,1H3,(H,20,24)/t15-/m0/s1. The summed E-state index contributed by atoms with van der Waals surface area (Å²) in [6.07, 6.45) is 6.31. The van der Waals surface area contributed by atoms with Gasteiger partial charge in [-0.3, -0.25) is 0 Å². The number of urea groups is 1. The monoisotopic (exact) mass is 356 g/mol. The van der Waals surface area contributed by atoms with E-state index < -0.39 is 0 Å². The fourth-order valence-electron chi connectivity index (χ4n) is 3.90. The van der Waals surface area contributed by atoms with E-state index in [1.165, 1.54) is 12.8 Å². The van der Waals surface area contributed by atoms with Crippen LogP contribution in [-0.4, -0.2) is 40.8 Å². The van der Waals surface area contributed by atoms with Crippen LogP contribution in [0.4, 0.5) is 4.79 Å². The molecule has 1 saturated carbocycles. The summed E-state index contributed by atoms with van der Waals surface area (Å²) in [5, 5.41) is 7.27. The van der Waals surface area contributed by atoms with Crippen LogP contribution in [0.25, 0.3) is 11.4 Å². The third kappa shape index (κ3) is 3.25. The number of para-hydroxylation sites is 1. The predicted molar refractivity (Wildman–Crippen MR) is 95.8 cm³/mol. The third-order valence-corrected chi connectivity index (χ3v) is 5.27. The van der Waals surface area contributed by atoms with Crippen molar-refractivity contribution >= 4 is 6.03 Å². The highest BCUT2D eigenvalue weighted by molar-refractivity contribution is 5.75. The molecule has 7 nitrogen and oxygen atoms in total. The Hall–Kier alpha value is -2.57. The number of carbonyl (C=O) groups excluding carboxylic acids is 1. The molecule has 0 unspecified atom stereocenters. The van der Waals surface area contributed by atoms with Crippen molar-refractivity contribution in [2.24, 2.45) is 0 Å². The molecule has 2 amide bonds. The first kappa shape index (κ1) is 16.9. The number of methoxy groups -OCH3 is 1. The molecule has 2 heterocycles. The Morgan fingerprint density at radius 3 is 2.85 bits per heavy atom. The summed E-state index contributed by atoms with van der Waals surface area (Å²) < 4.78 is 10.9. The molecule has 138 valence electrons. The van der Waals surface area contributed by atoms with E-state index >= 15 is 0 Å². The van der Waals surface area contributed by atoms with Crippen LogP contribution in [0, 0.1) is 0 Å². The van der Waals surface area contributed by atoms with Gasteiger partial charge in [0.05, 0.1) is 12.7 Å². The molecule has 0 radical (unpaired) electrons. The SMILES string of the molecule is COc1ccccc1-c1noc([C@@H]2CCCN2C(=O)NC2CCCC2)n1. The van der Waals surface area contributed by atoms with E-state index in [2.05, 4.69) is 15.5 Å². The van der Waals surface area contributed by atoms with E-state index in [-0.39, 0.29) is 12.1 Å². The summed E-state index contributed by atoms with van der Waals surface area (Å²) in [6.45, 7) is 0.718. The smallest absolute Gasteiger partial charge is 0.318 e. The van der Waals surface area contributed by atoms with E-state index in [4.69, 9.17) is 9.26 Å². The van der Waals surface area contributed by atoms with Gasteiger partial charge in [0, 0.05) is 12.6 Å². The van der Waals surface area contributed by atoms with Crippen LogP contribution >= 0.6 is 0 Å². The first-order valence-corrected chi connectivity index (χ1v) is 9.30. The molecule has 26 heavy (non-hydrogen) atoms. The molecule has 1 atom stereocenters. The molecule has 2 aliphatic rings. The zero-order valence-corrected chi connectivity index (χ0v) is 15.0. The molecule has 1 aliphatic carbocycles. The van der Waals surface area contributed by atoms with Crippen LogP contribution in [-0.2, 0) is 0 Å². The fraction of sp³-hybridized carbons (Fsp3) is 0.526. The van der Waals surface area contributed by atoms with E-state index in [0.29, 0.717) is 23.5 Å². The maximum Gasteiger partial charge on any atom is 0.318 e. The van der Waals surface area contributed by atoms with E-state index in [0.717, 1.165) is 37.8 Å². The molecule has 4 rings (SSSR count). The van der Waals surface area contributed by atoms with Gasteiger partial charge >= 0.3 is 6.03 Å². The molecule has 0 bridgehead atoms. The minimum absolute atomic E-state index is 0.0172. The number of hydrogen-bond donors (Lipinski definition) is 1. The summed E-state index contributed by atoms with van der Waals surface area (Å²) in [6, 6.07) is 7.69. The topological polar surface area (TPSA) is 80.5 Å². The van der Waals surface area contributed by atoms with Gasteiger partial charge in [-0.25, -0.2) is 4.79 Å². The van der Waals surface area contributed by atoms with Crippen LogP contribution in [0.15, 0.2) is 28.8 Å². The molecular weight excluding hydrogens is 332 g/mol. The lowest BCUT2D eigenvalue weighted by Gasteiger charge is -2.24. The maximum absolute atomic E-state index is 12.7. The second-order valence-corrected chi connectivity index (χ2v) is 6.94. The zero-order chi connectivity index (χ0) is 17.9. The van der Waals surface area contributed by atoms with Gasteiger partial charge in [-0.15, -0.1) is 0 Å². The Morgan fingerprint density at radius 1 is 1.23 bits per heavy atom. The van der Waals surface area contributed by atoms with Crippen LogP contribution in [0.2, 0.25) is 0 Å². The summed E-state index contributed by atoms with van der Waals surface area (Å²) in [5.41, 5.74) is 0.782. The second kappa shape index (κ2) is 7.35. The van der Waals surface area contributed by atoms with Crippen molar-refractivity contribution in [1.29, 1.82) is 0 Å². The minimum Gasteiger partial charge on any atom is -0.496 e. The molecule has 1 N–H and O–H groups in total. The van der Waals surface area contributed by atoms with E-state index in [1.54, 1.807) is 7.11 Å². The highest BCUT2D eigenvalue weighted by atomic mass is 16.5. The molecule has 1 aliphatic heterocycles. The van der Waals surface area contributed by atoms with Gasteiger partial charge in [0.2, 0.25) is 11.7 Å². The average Bonchev–Trinajstić information content (AvgIpc) is 3.41. The minimum atomic E-state index is -0.160. The Morgan fingerprint density at radius 2 is 2.04 bits per heavy atom. The van der Waals surface area contributed by atoms with E-state index in [1.807, 2.05) is 29.2 Å². The van der Waals surface area contributed by atoms with E-state index in [9.17, 15) is 4.79 Å². The number of aromatic nitrogens is 2. The Balaban J connectivity index is 1.51. The highest BCUT2D eigenvalue weighted by Gasteiger charge is 2.35. The van der Waals surface area contributed by atoms with Crippen molar-refractivity contribution in [2.75, 3.05) is 13.7 Å². The number of carbonyl (C=O) groups is 1. The molecule has 2 fully saturated rings. The van der Waals surface area contributed by atoms with Crippen molar-refractivity contribution in [1.82, 2.24) is 20.4 Å². The van der Waals surface area contributed by atoms with Crippen LogP contribution in [0.1, 0.15) is 50.5 Å². The number of amides is 2. The molecule has 1 aromatic heterocycles. The molecule has 1 aromatic carbocycles. The summed E-state index contributed by atoms with van der Waals surface area (Å²) in [5.74, 6) is 1.67. The highest BCUT2D eigenvalue weighted by Crippen LogP contribution is 2.34. The van der Waals surface area contributed by atoms with Crippen molar-refractivity contribution < 1.29 is 14.1 Å². The number of nitrogens with zero attached hydrogens (tertiary/aromatic N) is 3. The maximum atomic E-state index is 12.7. The molecule has 1 saturated heterocycles. The van der Waals surface area contributed by atoms with Gasteiger partial charge in [-0.2, -0.15) is 4.98 Å². The number of ether oxygens (including phenoxy) is 1. The molecule has 0 spiro atoms. The van der Waals surface area contributed by atoms with Crippen LogP contribution in [0.3, 0.4) is 0 Å². The normalized spacial score (nSPS) is 20.5. The van der Waals surface area contributed by atoms with Crippen LogP contribution in [0.5, 0.6) is 5.75 Å². The first-order valence-electron chi connectivity index (χ1n) is 9.30. The fourth-order valence-corrected chi connectivity index (χ4v) is 3.90. The summed E-state index contributed by atoms with van der Waals surface area (Å²) in [4.78, 5) is 19.1. The predicted octanol–water partition coefficient (Wildman–Crippen LogP) is 3.53. The number of nitrogens with one attached hydrogen (secondary N) is 1. The number of hydrogen-bond acceptors (Lipinski definition) is 5. The van der Waals surface area contributed by atoms with Gasteiger partial charge in [0.15, 0.2) is 0 Å². The number of benzene rings is 1. The zero-order valence-electron chi connectivity index (χ0n) is 15.0. The van der Waals surface area contributed by atoms with Crippen LogP contribution < -0.4 is 10.1 Å². The quantitative estimate of drug-likeness (QED) is 0.906. The average molecular weight is 356 g/mol. The lowest BCUT2D eigenvalue weighted by Crippen LogP contribution is -2.43. The number of likely N-dealkylation sites (tertiary alicyclic amines) is 1. The second-order valence-electron chi connectivity index (χ2n) is 6.94. The lowest BCUT2D eigenvalue weighted by molar-refractivity contribution is 0.177. The third-order valence-electron chi connectivity index (χ3n) is 5.27. The lowest BCUT2D eigenvalue weighted by atomic mass is 10.2. The summed E-state index contributed by atoms with van der Waals surface area (Å²) >= 11 is 0. The van der Waals surface area contributed by atoms with Gasteiger partial charge in [0.25, 0.3) is 0 Å². The Labute approximate surface area is 152 Å². The van der Waals surface area contributed by atoms with Crippen molar-refractivity contribution in [3.8, 4) is 17.1 Å². The first-order chi connectivity index (χ1) is 12.8. The van der Waals surface area contributed by atoms with Crippen molar-refractivity contribution in [2.45, 2.75) is 50.6 Å². The Kier molecular flexibility index (Phi) is 4.77. The van der Waals surface area contributed by atoms with Crippen molar-refractivity contribution in [3.05, 3.63) is 30.2 Å². The molecule has 7 heteroatoms. The number of rotatable bonds is 4. The van der Waals surface area contributed by atoms with Gasteiger partial charge < -0.3 is 19.5 Å². The Bertz CT molecular complexity index is 770. The molecule has 2 aromatic rings. The molecular formula is C19H24N4O3. The van der Waals surface area contributed by atoms with Crippen molar-refractivity contribution in [3.63, 3.8) is 0 Å². The van der Waals surface area contributed by atoms with Gasteiger partial charge in [0.1, 0.15) is 11.8 Å². The van der Waals surface area contributed by atoms with Gasteiger partial charge in [-0.05, 0) is 37.8 Å². The summed E-state index contributed by atoms with van der Waals surface area (Å²) in [7, 11) is 1.62. The largest absolute Gasteiger partial charge is 0.496 e. The van der Waals surface area contributed by atoms with Gasteiger partial charge in [-0.1, -0.05) is 30.1 Å².